The van der Waals surface area contributed by atoms with Gasteiger partial charge < -0.3 is 20.2 Å². The Bertz CT molecular complexity index is 936. The van der Waals surface area contributed by atoms with Crippen LogP contribution in [0.15, 0.2) is 24.3 Å². The molecule has 33 heavy (non-hydrogen) atoms. The molecule has 4 amide bonds. The molecule has 0 aromatic heterocycles. The van der Waals surface area contributed by atoms with Crippen molar-refractivity contribution in [1.29, 1.82) is 0 Å². The number of urea groups is 1. The van der Waals surface area contributed by atoms with Crippen LogP contribution in [-0.4, -0.2) is 87.1 Å². The largest absolute Gasteiger partial charge is 0.481 e. The minimum Gasteiger partial charge on any atom is -0.481 e. The standard InChI is InChI=1S/C22H28FN5O5/c1-25-13-19(29)27-17(10-20(30)31)21(32)26(16-4-2-3-5-16)12-18(27)28(25)22(33)24-11-14-6-8-15(23)9-7-14/h6-9,16-18H,2-5,10-13H2,1H3,(H,24,33)(H,30,31)/t17-,18-/m0/s1. The molecule has 2 heterocycles. The fourth-order valence-electron chi connectivity index (χ4n) is 5.04. The van der Waals surface area contributed by atoms with E-state index in [0.717, 1.165) is 25.7 Å². The normalized spacial score (nSPS) is 24.2. The van der Waals surface area contributed by atoms with Crippen LogP contribution in [0.1, 0.15) is 37.7 Å². The van der Waals surface area contributed by atoms with Gasteiger partial charge in [0.05, 0.1) is 19.5 Å². The van der Waals surface area contributed by atoms with Gasteiger partial charge in [-0.2, -0.15) is 0 Å². The molecule has 3 fully saturated rings. The van der Waals surface area contributed by atoms with Crippen molar-refractivity contribution < 1.29 is 28.7 Å². The number of benzene rings is 1. The third kappa shape index (κ3) is 4.63. The Morgan fingerprint density at radius 2 is 1.82 bits per heavy atom. The topological polar surface area (TPSA) is 114 Å². The molecule has 0 unspecified atom stereocenters. The zero-order valence-corrected chi connectivity index (χ0v) is 18.4. The second-order valence-electron chi connectivity index (χ2n) is 8.77. The second-order valence-corrected chi connectivity index (χ2v) is 8.77. The smallest absolute Gasteiger partial charge is 0.334 e. The van der Waals surface area contributed by atoms with Crippen molar-refractivity contribution in [3.8, 4) is 0 Å². The van der Waals surface area contributed by atoms with E-state index in [1.54, 1.807) is 24.1 Å². The number of likely N-dealkylation sites (N-methyl/N-ethyl adjacent to an activating group) is 1. The number of nitrogens with zero attached hydrogens (tertiary/aromatic N) is 4. The molecule has 2 aliphatic heterocycles. The lowest BCUT2D eigenvalue weighted by molar-refractivity contribution is -0.190. The number of aliphatic carboxylic acids is 1. The summed E-state index contributed by atoms with van der Waals surface area (Å²) in [6.07, 6.45) is 2.27. The number of rotatable bonds is 5. The number of carboxylic acids is 1. The molecule has 2 atom stereocenters. The van der Waals surface area contributed by atoms with Gasteiger partial charge in [0.2, 0.25) is 11.8 Å². The van der Waals surface area contributed by atoms with E-state index in [1.807, 2.05) is 0 Å². The highest BCUT2D eigenvalue weighted by Gasteiger charge is 2.52. The van der Waals surface area contributed by atoms with Crippen LogP contribution >= 0.6 is 0 Å². The summed E-state index contributed by atoms with van der Waals surface area (Å²) in [6.45, 7) is 0.112. The number of amides is 4. The van der Waals surface area contributed by atoms with Crippen molar-refractivity contribution in [3.63, 3.8) is 0 Å². The number of carbonyl (C=O) groups is 4. The summed E-state index contributed by atoms with van der Waals surface area (Å²) in [6, 6.07) is 4.07. The Labute approximate surface area is 190 Å². The summed E-state index contributed by atoms with van der Waals surface area (Å²) in [5, 5.41) is 15.1. The van der Waals surface area contributed by atoms with Crippen LogP contribution in [0.25, 0.3) is 0 Å². The van der Waals surface area contributed by atoms with Gasteiger partial charge in [0.25, 0.3) is 0 Å². The highest BCUT2D eigenvalue weighted by molar-refractivity contribution is 5.93. The lowest BCUT2D eigenvalue weighted by Gasteiger charge is -2.55. The van der Waals surface area contributed by atoms with E-state index in [0.29, 0.717) is 5.56 Å². The minimum absolute atomic E-state index is 0.0255. The molecule has 0 radical (unpaired) electrons. The maximum absolute atomic E-state index is 13.3. The maximum atomic E-state index is 13.3. The first-order chi connectivity index (χ1) is 15.8. The Morgan fingerprint density at radius 1 is 1.15 bits per heavy atom. The molecular weight excluding hydrogens is 433 g/mol. The molecule has 1 aliphatic carbocycles. The first-order valence-corrected chi connectivity index (χ1v) is 11.1. The zero-order valence-electron chi connectivity index (χ0n) is 18.4. The number of hydrazine groups is 1. The monoisotopic (exact) mass is 461 g/mol. The zero-order chi connectivity index (χ0) is 23.7. The number of hydrogen-bond acceptors (Lipinski definition) is 5. The number of piperazine rings is 1. The van der Waals surface area contributed by atoms with E-state index in [4.69, 9.17) is 0 Å². The lowest BCUT2D eigenvalue weighted by Crippen LogP contribution is -2.76. The molecule has 10 nitrogen and oxygen atoms in total. The SMILES string of the molecule is CN1CC(=O)N2[C@@H](CC(=O)O)C(=O)N(C3CCCC3)C[C@@H]2N1C(=O)NCc1ccc(F)cc1. The summed E-state index contributed by atoms with van der Waals surface area (Å²) in [5.74, 6) is -2.32. The van der Waals surface area contributed by atoms with Crippen LogP contribution in [0, 0.1) is 5.82 Å². The van der Waals surface area contributed by atoms with Crippen molar-refractivity contribution in [2.24, 2.45) is 0 Å². The van der Waals surface area contributed by atoms with Crippen molar-refractivity contribution in [2.45, 2.75) is 56.9 Å². The second kappa shape index (κ2) is 9.34. The average Bonchev–Trinajstić information content (AvgIpc) is 3.29. The van der Waals surface area contributed by atoms with Crippen LogP contribution in [0.4, 0.5) is 9.18 Å². The van der Waals surface area contributed by atoms with Gasteiger partial charge in [-0.3, -0.25) is 14.4 Å². The molecule has 0 bridgehead atoms. The molecule has 4 rings (SSSR count). The van der Waals surface area contributed by atoms with E-state index in [2.05, 4.69) is 5.32 Å². The molecule has 0 spiro atoms. The summed E-state index contributed by atoms with van der Waals surface area (Å²) in [4.78, 5) is 53.8. The fourth-order valence-corrected chi connectivity index (χ4v) is 5.04. The molecular formula is C22H28FN5O5. The Balaban J connectivity index is 1.59. The summed E-state index contributed by atoms with van der Waals surface area (Å²) in [7, 11) is 1.61. The number of fused-ring (bicyclic) bond motifs is 1. The first-order valence-electron chi connectivity index (χ1n) is 11.1. The quantitative estimate of drug-likeness (QED) is 0.676. The summed E-state index contributed by atoms with van der Waals surface area (Å²) < 4.78 is 13.2. The van der Waals surface area contributed by atoms with Crippen LogP contribution < -0.4 is 5.32 Å². The first kappa shape index (κ1) is 23.0. The highest BCUT2D eigenvalue weighted by atomic mass is 19.1. The summed E-state index contributed by atoms with van der Waals surface area (Å²) >= 11 is 0. The Kier molecular flexibility index (Phi) is 6.50. The maximum Gasteiger partial charge on any atom is 0.334 e. The van der Waals surface area contributed by atoms with Crippen LogP contribution in [-0.2, 0) is 20.9 Å². The Hall–Kier alpha value is -3.21. The predicted molar refractivity (Wildman–Crippen MR) is 114 cm³/mol. The van der Waals surface area contributed by atoms with Crippen LogP contribution in [0.2, 0.25) is 0 Å². The number of carboxylic acid groups (broad SMARTS) is 1. The summed E-state index contributed by atoms with van der Waals surface area (Å²) in [5.41, 5.74) is 0.701. The predicted octanol–water partition coefficient (Wildman–Crippen LogP) is 0.981. The molecule has 2 N–H and O–H groups in total. The lowest BCUT2D eigenvalue weighted by atomic mass is 10.0. The van der Waals surface area contributed by atoms with Crippen LogP contribution in [0.3, 0.4) is 0 Å². The molecule has 178 valence electrons. The van der Waals surface area contributed by atoms with Crippen molar-refractivity contribution in [2.75, 3.05) is 20.1 Å². The van der Waals surface area contributed by atoms with Gasteiger partial charge in [-0.1, -0.05) is 25.0 Å². The van der Waals surface area contributed by atoms with Crippen molar-refractivity contribution in [3.05, 3.63) is 35.6 Å². The van der Waals surface area contributed by atoms with Gasteiger partial charge in [-0.15, -0.1) is 0 Å². The van der Waals surface area contributed by atoms with E-state index < -0.39 is 36.5 Å². The van der Waals surface area contributed by atoms with E-state index >= 15 is 0 Å². The van der Waals surface area contributed by atoms with Gasteiger partial charge in [0, 0.05) is 19.6 Å². The van der Waals surface area contributed by atoms with E-state index in [-0.39, 0.29) is 37.4 Å². The van der Waals surface area contributed by atoms with E-state index in [1.165, 1.54) is 27.1 Å². The Morgan fingerprint density at radius 3 is 2.45 bits per heavy atom. The third-order valence-corrected chi connectivity index (χ3v) is 6.59. The molecule has 2 saturated heterocycles. The molecule has 11 heteroatoms. The van der Waals surface area contributed by atoms with Gasteiger partial charge in [-0.25, -0.2) is 19.2 Å². The third-order valence-electron chi connectivity index (χ3n) is 6.59. The number of halogens is 1. The molecule has 1 aromatic carbocycles. The van der Waals surface area contributed by atoms with Crippen LogP contribution in [0.5, 0.6) is 0 Å². The number of hydrogen-bond donors (Lipinski definition) is 2. The fraction of sp³-hybridized carbons (Fsp3) is 0.545. The van der Waals surface area contributed by atoms with Gasteiger partial charge in [-0.05, 0) is 30.5 Å². The molecule has 3 aliphatic rings. The number of carbonyl (C=O) groups excluding carboxylic acids is 3. The highest BCUT2D eigenvalue weighted by Crippen LogP contribution is 2.32. The van der Waals surface area contributed by atoms with Crippen molar-refractivity contribution >= 4 is 23.8 Å². The van der Waals surface area contributed by atoms with Gasteiger partial charge in [0.15, 0.2) is 0 Å². The van der Waals surface area contributed by atoms with Gasteiger partial charge >= 0.3 is 12.0 Å². The van der Waals surface area contributed by atoms with Crippen molar-refractivity contribution in [1.82, 2.24) is 25.1 Å². The molecule has 1 aromatic rings. The minimum atomic E-state index is -1.18. The average molecular weight is 461 g/mol. The molecule has 1 saturated carbocycles. The number of nitrogens with one attached hydrogen (secondary N) is 1. The van der Waals surface area contributed by atoms with E-state index in [9.17, 15) is 28.7 Å². The van der Waals surface area contributed by atoms with Gasteiger partial charge in [0.1, 0.15) is 18.0 Å².